The smallest absolute Gasteiger partial charge is 0.419 e. The van der Waals surface area contributed by atoms with E-state index in [9.17, 15) is 17.6 Å². The molecule has 26 heavy (non-hydrogen) atoms. The molecule has 0 saturated carbocycles. The third-order valence-corrected chi connectivity index (χ3v) is 2.97. The number of benzene rings is 1. The summed E-state index contributed by atoms with van der Waals surface area (Å²) < 4.78 is 61.4. The van der Waals surface area contributed by atoms with Crippen molar-refractivity contribution >= 4 is 17.6 Å². The van der Waals surface area contributed by atoms with Crippen LogP contribution in [0.3, 0.4) is 0 Å². The van der Waals surface area contributed by atoms with Gasteiger partial charge in [-0.3, -0.25) is 4.99 Å². The zero-order valence-corrected chi connectivity index (χ0v) is 13.4. The van der Waals surface area contributed by atoms with Crippen LogP contribution in [0.4, 0.5) is 23.2 Å². The van der Waals surface area contributed by atoms with E-state index in [-0.39, 0.29) is 24.0 Å². The Kier molecular flexibility index (Phi) is 6.04. The van der Waals surface area contributed by atoms with Crippen LogP contribution >= 0.6 is 0 Å². The summed E-state index contributed by atoms with van der Waals surface area (Å²) in [7, 11) is 1.45. The quantitative estimate of drug-likeness (QED) is 0.365. The summed E-state index contributed by atoms with van der Waals surface area (Å²) in [6.45, 7) is -0.181. The van der Waals surface area contributed by atoms with Gasteiger partial charge in [0.25, 0.3) is 0 Å². The zero-order valence-electron chi connectivity index (χ0n) is 13.4. The highest BCUT2D eigenvalue weighted by Crippen LogP contribution is 2.33. The topological polar surface area (TPSA) is 95.0 Å². The van der Waals surface area contributed by atoms with Gasteiger partial charge in [0.2, 0.25) is 0 Å². The zero-order chi connectivity index (χ0) is 19.2. The summed E-state index contributed by atoms with van der Waals surface area (Å²) in [5.41, 5.74) is -1.44. The Hall–Kier alpha value is -3.24. The van der Waals surface area contributed by atoms with Gasteiger partial charge in [-0.2, -0.15) is 28.2 Å². The van der Waals surface area contributed by atoms with E-state index in [0.717, 1.165) is 12.3 Å². The Balaban J connectivity index is 2.05. The number of methoxy groups -OCH3 is 1. The van der Waals surface area contributed by atoms with Gasteiger partial charge in [-0.15, -0.1) is 0 Å². The average Bonchev–Trinajstić information content (AvgIpc) is 2.62. The molecule has 11 heteroatoms. The standard InChI is InChI=1S/C15H13F4N5O2/c1-25-11-6-22-14(23-7-11)26-8-10(24-20)5-21-9-2-3-13(16)12(4-9)15(17,18)19/h2-7H,8,20H2,1H3. The number of aliphatic imine (C=N–C) groups is 1. The van der Waals surface area contributed by atoms with E-state index in [1.165, 1.54) is 19.5 Å². The van der Waals surface area contributed by atoms with Crippen molar-refractivity contribution in [2.24, 2.45) is 15.9 Å². The third-order valence-electron chi connectivity index (χ3n) is 2.97. The summed E-state index contributed by atoms with van der Waals surface area (Å²) in [4.78, 5) is 11.5. The van der Waals surface area contributed by atoms with Gasteiger partial charge in [-0.1, -0.05) is 0 Å². The van der Waals surface area contributed by atoms with Crippen molar-refractivity contribution in [3.63, 3.8) is 0 Å². The highest BCUT2D eigenvalue weighted by molar-refractivity contribution is 6.31. The van der Waals surface area contributed by atoms with Crippen LogP contribution in [0.1, 0.15) is 5.56 Å². The highest BCUT2D eigenvalue weighted by Gasteiger charge is 2.34. The van der Waals surface area contributed by atoms with E-state index in [0.29, 0.717) is 17.9 Å². The SMILES string of the molecule is COc1cnc(OCC(C=Nc2ccc(F)c(C(F)(F)F)c2)=NN)nc1. The van der Waals surface area contributed by atoms with Gasteiger partial charge in [0.15, 0.2) is 5.75 Å². The Bertz CT molecular complexity index is 807. The lowest BCUT2D eigenvalue weighted by Crippen LogP contribution is -2.16. The minimum atomic E-state index is -4.82. The third kappa shape index (κ3) is 5.13. The van der Waals surface area contributed by atoms with E-state index in [2.05, 4.69) is 20.1 Å². The molecule has 2 rings (SSSR count). The molecule has 0 bridgehead atoms. The average molecular weight is 371 g/mol. The van der Waals surface area contributed by atoms with Gasteiger partial charge in [0.1, 0.15) is 18.1 Å². The van der Waals surface area contributed by atoms with E-state index in [1.54, 1.807) is 0 Å². The van der Waals surface area contributed by atoms with Crippen molar-refractivity contribution < 1.29 is 27.0 Å². The fourth-order valence-electron chi connectivity index (χ4n) is 1.69. The Labute approximate surface area is 145 Å². The van der Waals surface area contributed by atoms with E-state index < -0.39 is 17.6 Å². The number of halogens is 4. The molecule has 0 aliphatic rings. The maximum absolute atomic E-state index is 13.2. The molecule has 0 saturated heterocycles. The molecule has 0 amide bonds. The lowest BCUT2D eigenvalue weighted by atomic mass is 10.2. The number of aromatic nitrogens is 2. The molecule has 2 aromatic rings. The lowest BCUT2D eigenvalue weighted by Gasteiger charge is -2.08. The molecule has 0 unspecified atom stereocenters. The summed E-state index contributed by atoms with van der Waals surface area (Å²) in [5, 5.41) is 3.41. The van der Waals surface area contributed by atoms with Gasteiger partial charge in [-0.05, 0) is 18.2 Å². The first-order chi connectivity index (χ1) is 12.3. The molecule has 0 radical (unpaired) electrons. The number of nitrogens with two attached hydrogens (primary N) is 1. The van der Waals surface area contributed by atoms with Crippen LogP contribution < -0.4 is 15.3 Å². The van der Waals surface area contributed by atoms with Crippen molar-refractivity contribution in [2.75, 3.05) is 13.7 Å². The monoisotopic (exact) mass is 371 g/mol. The number of nitrogens with zero attached hydrogens (tertiary/aromatic N) is 4. The van der Waals surface area contributed by atoms with E-state index in [1.807, 2.05) is 0 Å². The van der Waals surface area contributed by atoms with Gasteiger partial charge in [0.05, 0.1) is 37.0 Å². The first-order valence-corrected chi connectivity index (χ1v) is 7.00. The maximum atomic E-state index is 13.2. The lowest BCUT2D eigenvalue weighted by molar-refractivity contribution is -0.139. The van der Waals surface area contributed by atoms with Crippen molar-refractivity contribution in [1.29, 1.82) is 0 Å². The molecule has 138 valence electrons. The van der Waals surface area contributed by atoms with Crippen LogP contribution in [0, 0.1) is 5.82 Å². The molecule has 0 fully saturated rings. The summed E-state index contributed by atoms with van der Waals surface area (Å²) in [6, 6.07) is 2.36. The van der Waals surface area contributed by atoms with Gasteiger partial charge < -0.3 is 15.3 Å². The Morgan fingerprint density at radius 3 is 2.54 bits per heavy atom. The predicted octanol–water partition coefficient (Wildman–Crippen LogP) is 2.74. The van der Waals surface area contributed by atoms with Crippen LogP contribution in [-0.4, -0.2) is 35.6 Å². The molecule has 1 aromatic heterocycles. The number of hydrogen-bond donors (Lipinski definition) is 1. The minimum absolute atomic E-state index is 0.0153. The second kappa shape index (κ2) is 8.23. The van der Waals surface area contributed by atoms with Gasteiger partial charge in [0, 0.05) is 0 Å². The molecule has 0 aliphatic carbocycles. The fourth-order valence-corrected chi connectivity index (χ4v) is 1.69. The van der Waals surface area contributed by atoms with Crippen molar-refractivity contribution in [2.45, 2.75) is 6.18 Å². The Morgan fingerprint density at radius 1 is 1.27 bits per heavy atom. The molecule has 1 aromatic carbocycles. The van der Waals surface area contributed by atoms with Crippen LogP contribution in [0.25, 0.3) is 0 Å². The van der Waals surface area contributed by atoms with Crippen LogP contribution in [-0.2, 0) is 6.18 Å². The fraction of sp³-hybridized carbons (Fsp3) is 0.200. The molecule has 0 spiro atoms. The first-order valence-electron chi connectivity index (χ1n) is 7.00. The second-order valence-electron chi connectivity index (χ2n) is 4.73. The summed E-state index contributed by atoms with van der Waals surface area (Å²) in [6.07, 6.45) is -0.966. The molecular weight excluding hydrogens is 358 g/mol. The highest BCUT2D eigenvalue weighted by atomic mass is 19.4. The molecule has 2 N–H and O–H groups in total. The number of hydrogen-bond acceptors (Lipinski definition) is 7. The molecule has 1 heterocycles. The van der Waals surface area contributed by atoms with Crippen LogP contribution in [0.2, 0.25) is 0 Å². The minimum Gasteiger partial charge on any atom is -0.494 e. The summed E-state index contributed by atoms with van der Waals surface area (Å²) >= 11 is 0. The number of alkyl halides is 3. The van der Waals surface area contributed by atoms with Crippen LogP contribution in [0.5, 0.6) is 11.8 Å². The predicted molar refractivity (Wildman–Crippen MR) is 85.3 cm³/mol. The Morgan fingerprint density at radius 2 is 1.96 bits per heavy atom. The largest absolute Gasteiger partial charge is 0.494 e. The molecule has 7 nitrogen and oxygen atoms in total. The van der Waals surface area contributed by atoms with Crippen molar-refractivity contribution in [3.8, 4) is 11.8 Å². The number of hydrazone groups is 1. The van der Waals surface area contributed by atoms with Crippen molar-refractivity contribution in [3.05, 3.63) is 42.0 Å². The van der Waals surface area contributed by atoms with E-state index in [4.69, 9.17) is 15.3 Å². The van der Waals surface area contributed by atoms with Gasteiger partial charge >= 0.3 is 12.2 Å². The summed E-state index contributed by atoms with van der Waals surface area (Å²) in [5.74, 6) is 4.23. The molecule has 0 atom stereocenters. The molecule has 0 aliphatic heterocycles. The van der Waals surface area contributed by atoms with Crippen LogP contribution in [0.15, 0.2) is 40.7 Å². The van der Waals surface area contributed by atoms with E-state index >= 15 is 0 Å². The first kappa shape index (κ1) is 19.1. The maximum Gasteiger partial charge on any atom is 0.419 e. The second-order valence-corrected chi connectivity index (χ2v) is 4.73. The number of rotatable bonds is 6. The molecular formula is C15H13F4N5O2. The normalized spacial score (nSPS) is 12.4. The van der Waals surface area contributed by atoms with Crippen molar-refractivity contribution in [1.82, 2.24) is 9.97 Å². The van der Waals surface area contributed by atoms with Gasteiger partial charge in [-0.25, -0.2) is 4.39 Å². The number of ether oxygens (including phenoxy) is 2.